The summed E-state index contributed by atoms with van der Waals surface area (Å²) in [7, 11) is 1.59. The Morgan fingerprint density at radius 2 is 2.32 bits per heavy atom. The summed E-state index contributed by atoms with van der Waals surface area (Å²) in [5.41, 5.74) is 1.03. The SMILES string of the molecule is COc1ccc(CCC(=O)N2CCCC(c3nc(C)no3)C2)cc1Cl. The van der Waals surface area contributed by atoms with E-state index in [9.17, 15) is 4.79 Å². The number of amides is 1. The monoisotopic (exact) mass is 363 g/mol. The summed E-state index contributed by atoms with van der Waals surface area (Å²) in [4.78, 5) is 18.8. The lowest BCUT2D eigenvalue weighted by Gasteiger charge is -2.31. The molecule has 134 valence electrons. The van der Waals surface area contributed by atoms with Gasteiger partial charge in [0.2, 0.25) is 11.8 Å². The average molecular weight is 364 g/mol. The zero-order chi connectivity index (χ0) is 17.8. The molecule has 3 rings (SSSR count). The van der Waals surface area contributed by atoms with Gasteiger partial charge in [-0.2, -0.15) is 4.98 Å². The number of aromatic nitrogens is 2. The van der Waals surface area contributed by atoms with E-state index in [2.05, 4.69) is 10.1 Å². The van der Waals surface area contributed by atoms with Gasteiger partial charge in [0, 0.05) is 19.5 Å². The van der Waals surface area contributed by atoms with Crippen LogP contribution in [-0.2, 0) is 11.2 Å². The molecule has 0 N–H and O–H groups in total. The predicted octanol–water partition coefficient (Wildman–Crippen LogP) is 3.38. The van der Waals surface area contributed by atoms with Crippen LogP contribution in [0.1, 0.15) is 42.5 Å². The van der Waals surface area contributed by atoms with Crippen molar-refractivity contribution in [3.63, 3.8) is 0 Å². The van der Waals surface area contributed by atoms with Crippen molar-refractivity contribution in [1.29, 1.82) is 0 Å². The average Bonchev–Trinajstić information content (AvgIpc) is 3.06. The number of ether oxygens (including phenoxy) is 1. The Labute approximate surface area is 152 Å². The normalized spacial score (nSPS) is 17.6. The number of carbonyl (C=O) groups is 1. The fourth-order valence-corrected chi connectivity index (χ4v) is 3.44. The van der Waals surface area contributed by atoms with Crippen molar-refractivity contribution in [2.75, 3.05) is 20.2 Å². The topological polar surface area (TPSA) is 68.5 Å². The molecule has 0 aliphatic carbocycles. The number of halogens is 1. The molecular formula is C18H22ClN3O3. The van der Waals surface area contributed by atoms with Gasteiger partial charge in [-0.05, 0) is 43.9 Å². The highest BCUT2D eigenvalue weighted by Gasteiger charge is 2.28. The molecule has 0 radical (unpaired) electrons. The predicted molar refractivity (Wildman–Crippen MR) is 93.9 cm³/mol. The Kier molecular flexibility index (Phi) is 5.58. The second kappa shape index (κ2) is 7.87. The van der Waals surface area contributed by atoms with E-state index >= 15 is 0 Å². The van der Waals surface area contributed by atoms with Crippen molar-refractivity contribution >= 4 is 17.5 Å². The van der Waals surface area contributed by atoms with Crippen LogP contribution in [0.25, 0.3) is 0 Å². The number of hydrogen-bond acceptors (Lipinski definition) is 5. The van der Waals surface area contributed by atoms with Crippen molar-refractivity contribution in [2.45, 2.75) is 38.5 Å². The molecule has 6 nitrogen and oxygen atoms in total. The molecule has 1 aromatic heterocycles. The lowest BCUT2D eigenvalue weighted by molar-refractivity contribution is -0.132. The fourth-order valence-electron chi connectivity index (χ4n) is 3.16. The second-order valence-electron chi connectivity index (χ2n) is 6.33. The summed E-state index contributed by atoms with van der Waals surface area (Å²) in [6.07, 6.45) is 3.04. The molecule has 0 spiro atoms. The minimum absolute atomic E-state index is 0.134. The molecule has 1 saturated heterocycles. The van der Waals surface area contributed by atoms with Crippen molar-refractivity contribution in [1.82, 2.24) is 15.0 Å². The van der Waals surface area contributed by atoms with E-state index in [0.717, 1.165) is 24.9 Å². The van der Waals surface area contributed by atoms with Crippen molar-refractivity contribution in [3.05, 3.63) is 40.5 Å². The van der Waals surface area contributed by atoms with Crippen LogP contribution in [0.4, 0.5) is 0 Å². The van der Waals surface area contributed by atoms with Gasteiger partial charge in [0.05, 0.1) is 18.1 Å². The van der Waals surface area contributed by atoms with Crippen LogP contribution in [0, 0.1) is 6.92 Å². The molecule has 7 heteroatoms. The lowest BCUT2D eigenvalue weighted by Crippen LogP contribution is -2.39. The number of hydrogen-bond donors (Lipinski definition) is 0. The highest BCUT2D eigenvalue weighted by molar-refractivity contribution is 6.32. The van der Waals surface area contributed by atoms with Crippen molar-refractivity contribution in [2.24, 2.45) is 0 Å². The molecule has 1 unspecified atom stereocenters. The van der Waals surface area contributed by atoms with E-state index < -0.39 is 0 Å². The third kappa shape index (κ3) is 4.31. The molecule has 0 saturated carbocycles. The highest BCUT2D eigenvalue weighted by Crippen LogP contribution is 2.27. The maximum atomic E-state index is 12.6. The summed E-state index contributed by atoms with van der Waals surface area (Å²) in [5, 5.41) is 4.41. The van der Waals surface area contributed by atoms with Gasteiger partial charge in [0.15, 0.2) is 5.82 Å². The molecular weight excluding hydrogens is 342 g/mol. The van der Waals surface area contributed by atoms with Crippen LogP contribution in [0.15, 0.2) is 22.7 Å². The molecule has 2 aromatic rings. The Morgan fingerprint density at radius 3 is 3.00 bits per heavy atom. The Hall–Kier alpha value is -2.08. The molecule has 1 atom stereocenters. The molecule has 1 aliphatic heterocycles. The minimum atomic E-state index is 0.134. The fraction of sp³-hybridized carbons (Fsp3) is 0.500. The summed E-state index contributed by atoms with van der Waals surface area (Å²) >= 11 is 6.14. The standard InChI is InChI=1S/C18H22ClN3O3/c1-12-20-18(25-21-12)14-4-3-9-22(11-14)17(23)8-6-13-5-7-16(24-2)15(19)10-13/h5,7,10,14H,3-4,6,8-9,11H2,1-2H3. The number of benzene rings is 1. The van der Waals surface area contributed by atoms with E-state index in [0.29, 0.717) is 41.9 Å². The first-order chi connectivity index (χ1) is 12.1. The number of carbonyl (C=O) groups excluding carboxylic acids is 1. The lowest BCUT2D eigenvalue weighted by atomic mass is 9.97. The molecule has 1 aromatic carbocycles. The first kappa shape index (κ1) is 17.7. The van der Waals surface area contributed by atoms with Gasteiger partial charge >= 0.3 is 0 Å². The molecule has 1 amide bonds. The third-order valence-electron chi connectivity index (χ3n) is 4.51. The molecule has 1 fully saturated rings. The number of piperidine rings is 1. The van der Waals surface area contributed by atoms with E-state index in [4.69, 9.17) is 20.9 Å². The van der Waals surface area contributed by atoms with E-state index in [-0.39, 0.29) is 11.8 Å². The van der Waals surface area contributed by atoms with Gasteiger partial charge in [-0.1, -0.05) is 22.8 Å². The smallest absolute Gasteiger partial charge is 0.231 e. The second-order valence-corrected chi connectivity index (χ2v) is 6.73. The van der Waals surface area contributed by atoms with Gasteiger partial charge in [-0.25, -0.2) is 0 Å². The zero-order valence-electron chi connectivity index (χ0n) is 14.5. The van der Waals surface area contributed by atoms with E-state index in [1.54, 1.807) is 14.0 Å². The molecule has 1 aliphatic rings. The van der Waals surface area contributed by atoms with Crippen molar-refractivity contribution in [3.8, 4) is 5.75 Å². The van der Waals surface area contributed by atoms with Crippen LogP contribution in [-0.4, -0.2) is 41.1 Å². The van der Waals surface area contributed by atoms with E-state index in [1.165, 1.54) is 0 Å². The number of methoxy groups -OCH3 is 1. The van der Waals surface area contributed by atoms with Crippen LogP contribution in [0.3, 0.4) is 0 Å². The quantitative estimate of drug-likeness (QED) is 0.814. The van der Waals surface area contributed by atoms with Crippen molar-refractivity contribution < 1.29 is 14.1 Å². The molecule has 25 heavy (non-hydrogen) atoms. The third-order valence-corrected chi connectivity index (χ3v) is 4.81. The first-order valence-corrected chi connectivity index (χ1v) is 8.85. The minimum Gasteiger partial charge on any atom is -0.495 e. The van der Waals surface area contributed by atoms with Gasteiger partial charge < -0.3 is 14.2 Å². The number of aryl methyl sites for hydroxylation is 2. The Balaban J connectivity index is 1.56. The summed E-state index contributed by atoms with van der Waals surface area (Å²) < 4.78 is 10.4. The summed E-state index contributed by atoms with van der Waals surface area (Å²) in [5.74, 6) is 2.19. The number of nitrogens with zero attached hydrogens (tertiary/aromatic N) is 3. The number of likely N-dealkylation sites (tertiary alicyclic amines) is 1. The largest absolute Gasteiger partial charge is 0.495 e. The van der Waals surface area contributed by atoms with Crippen LogP contribution in [0.2, 0.25) is 5.02 Å². The van der Waals surface area contributed by atoms with E-state index in [1.807, 2.05) is 23.1 Å². The highest BCUT2D eigenvalue weighted by atomic mass is 35.5. The molecule has 0 bridgehead atoms. The van der Waals surface area contributed by atoms with Gasteiger partial charge in [0.25, 0.3) is 0 Å². The van der Waals surface area contributed by atoms with Crippen LogP contribution >= 0.6 is 11.6 Å². The van der Waals surface area contributed by atoms with Crippen LogP contribution in [0.5, 0.6) is 5.75 Å². The zero-order valence-corrected chi connectivity index (χ0v) is 15.3. The van der Waals surface area contributed by atoms with Gasteiger partial charge in [0.1, 0.15) is 5.75 Å². The number of rotatable bonds is 5. The Bertz CT molecular complexity index is 747. The maximum absolute atomic E-state index is 12.6. The van der Waals surface area contributed by atoms with Gasteiger partial charge in [-0.15, -0.1) is 0 Å². The van der Waals surface area contributed by atoms with Gasteiger partial charge in [-0.3, -0.25) is 4.79 Å². The first-order valence-electron chi connectivity index (χ1n) is 8.47. The summed E-state index contributed by atoms with van der Waals surface area (Å²) in [6, 6.07) is 5.63. The molecule has 2 heterocycles. The van der Waals surface area contributed by atoms with Crippen LogP contribution < -0.4 is 4.74 Å². The Morgan fingerprint density at radius 1 is 1.48 bits per heavy atom. The summed E-state index contributed by atoms with van der Waals surface area (Å²) in [6.45, 7) is 3.23. The maximum Gasteiger partial charge on any atom is 0.231 e.